The normalized spacial score (nSPS) is 15.7. The van der Waals surface area contributed by atoms with E-state index in [2.05, 4.69) is 10.3 Å². The van der Waals surface area contributed by atoms with Crippen LogP contribution in [0.3, 0.4) is 0 Å². The minimum atomic E-state index is -0.584. The van der Waals surface area contributed by atoms with Crippen molar-refractivity contribution >= 4 is 11.8 Å². The average molecular weight is 337 g/mol. The van der Waals surface area contributed by atoms with Crippen molar-refractivity contribution in [1.29, 1.82) is 0 Å². The van der Waals surface area contributed by atoms with Gasteiger partial charge in [0.2, 0.25) is 11.8 Å². The largest absolute Gasteiger partial charge is 0.348 e. The Kier molecular flexibility index (Phi) is 5.43. The number of aromatic nitrogens is 1. The fraction of sp³-hybridized carbons (Fsp3) is 0.350. The second kappa shape index (κ2) is 7.92. The number of benzene rings is 1. The molecule has 1 aliphatic rings. The van der Waals surface area contributed by atoms with Crippen LogP contribution in [0, 0.1) is 6.92 Å². The van der Waals surface area contributed by atoms with E-state index in [1.165, 1.54) is 0 Å². The van der Waals surface area contributed by atoms with Crippen LogP contribution in [-0.2, 0) is 16.1 Å². The van der Waals surface area contributed by atoms with Gasteiger partial charge >= 0.3 is 0 Å². The molecular formula is C20H23N3O2. The molecule has 5 heteroatoms. The van der Waals surface area contributed by atoms with E-state index in [1.54, 1.807) is 11.1 Å². The Hall–Kier alpha value is -2.69. The summed E-state index contributed by atoms with van der Waals surface area (Å²) in [5.74, 6) is -0.117. The van der Waals surface area contributed by atoms with Gasteiger partial charge in [0, 0.05) is 19.2 Å². The van der Waals surface area contributed by atoms with E-state index in [-0.39, 0.29) is 11.8 Å². The Balaban J connectivity index is 1.78. The topological polar surface area (TPSA) is 62.3 Å². The molecule has 0 bridgehead atoms. The number of pyridine rings is 1. The molecule has 2 amide bonds. The smallest absolute Gasteiger partial charge is 0.247 e. The maximum Gasteiger partial charge on any atom is 0.247 e. The highest BCUT2D eigenvalue weighted by atomic mass is 16.2. The highest BCUT2D eigenvalue weighted by Crippen LogP contribution is 2.25. The van der Waals surface area contributed by atoms with E-state index in [1.807, 2.05) is 49.4 Å². The van der Waals surface area contributed by atoms with Gasteiger partial charge in [0.05, 0.1) is 12.2 Å². The maximum atomic E-state index is 12.9. The van der Waals surface area contributed by atoms with E-state index in [4.69, 9.17) is 0 Å². The standard InChI is InChI=1S/C20H23N3O2/c1-15-10-11-21-17(13-15)14-22-20(25)19(16-7-3-2-4-8-16)23-12-6-5-9-18(23)24/h2-4,7-8,10-11,13,19H,5-6,9,12,14H2,1H3,(H,22,25). The van der Waals surface area contributed by atoms with Crippen LogP contribution in [0.15, 0.2) is 48.7 Å². The van der Waals surface area contributed by atoms with Crippen LogP contribution >= 0.6 is 0 Å². The van der Waals surface area contributed by atoms with Crippen LogP contribution in [0.4, 0.5) is 0 Å². The van der Waals surface area contributed by atoms with Crippen molar-refractivity contribution in [1.82, 2.24) is 15.2 Å². The van der Waals surface area contributed by atoms with Crippen molar-refractivity contribution in [3.63, 3.8) is 0 Å². The van der Waals surface area contributed by atoms with Crippen molar-refractivity contribution in [2.45, 2.75) is 38.8 Å². The Morgan fingerprint density at radius 1 is 1.24 bits per heavy atom. The molecule has 0 saturated carbocycles. The van der Waals surface area contributed by atoms with Gasteiger partial charge in [-0.2, -0.15) is 0 Å². The summed E-state index contributed by atoms with van der Waals surface area (Å²) in [6.45, 7) is 2.96. The lowest BCUT2D eigenvalue weighted by atomic mass is 10.0. The molecule has 0 aliphatic carbocycles. The molecule has 25 heavy (non-hydrogen) atoms. The second-order valence-electron chi connectivity index (χ2n) is 6.40. The zero-order chi connectivity index (χ0) is 17.6. The monoisotopic (exact) mass is 337 g/mol. The number of hydrogen-bond donors (Lipinski definition) is 1. The van der Waals surface area contributed by atoms with Gasteiger partial charge in [0.15, 0.2) is 0 Å². The Bertz CT molecular complexity index is 746. The van der Waals surface area contributed by atoms with Gasteiger partial charge in [-0.3, -0.25) is 14.6 Å². The van der Waals surface area contributed by atoms with Crippen LogP contribution in [0.5, 0.6) is 0 Å². The van der Waals surface area contributed by atoms with Gasteiger partial charge in [-0.05, 0) is 43.0 Å². The highest BCUT2D eigenvalue weighted by molar-refractivity contribution is 5.89. The van der Waals surface area contributed by atoms with Gasteiger partial charge in [-0.15, -0.1) is 0 Å². The number of rotatable bonds is 5. The number of likely N-dealkylation sites (tertiary alicyclic amines) is 1. The molecule has 1 aromatic carbocycles. The Labute approximate surface area is 148 Å². The molecule has 3 rings (SSSR count). The number of carbonyl (C=O) groups is 2. The van der Waals surface area contributed by atoms with Crippen molar-refractivity contribution in [3.8, 4) is 0 Å². The zero-order valence-corrected chi connectivity index (χ0v) is 14.4. The Morgan fingerprint density at radius 3 is 2.76 bits per heavy atom. The van der Waals surface area contributed by atoms with Gasteiger partial charge in [0.1, 0.15) is 6.04 Å². The average Bonchev–Trinajstić information content (AvgIpc) is 2.63. The number of hydrogen-bond acceptors (Lipinski definition) is 3. The first-order chi connectivity index (χ1) is 12.1. The first-order valence-electron chi connectivity index (χ1n) is 8.69. The quantitative estimate of drug-likeness (QED) is 0.912. The second-order valence-corrected chi connectivity index (χ2v) is 6.40. The molecule has 1 N–H and O–H groups in total. The number of amides is 2. The molecule has 2 aromatic rings. The predicted octanol–water partition coefficient (Wildman–Crippen LogP) is 2.76. The molecular weight excluding hydrogens is 314 g/mol. The van der Waals surface area contributed by atoms with Crippen LogP contribution < -0.4 is 5.32 Å². The van der Waals surface area contributed by atoms with Gasteiger partial charge < -0.3 is 10.2 Å². The zero-order valence-electron chi connectivity index (χ0n) is 14.4. The van der Waals surface area contributed by atoms with Crippen molar-refractivity contribution in [3.05, 3.63) is 65.5 Å². The van der Waals surface area contributed by atoms with E-state index in [0.717, 1.165) is 29.7 Å². The molecule has 1 aromatic heterocycles. The van der Waals surface area contributed by atoms with Crippen molar-refractivity contribution in [2.24, 2.45) is 0 Å². The fourth-order valence-electron chi connectivity index (χ4n) is 3.18. The predicted molar refractivity (Wildman–Crippen MR) is 95.6 cm³/mol. The maximum absolute atomic E-state index is 12.9. The molecule has 1 atom stereocenters. The van der Waals surface area contributed by atoms with Gasteiger partial charge in [-0.1, -0.05) is 30.3 Å². The number of nitrogens with zero attached hydrogens (tertiary/aromatic N) is 2. The van der Waals surface area contributed by atoms with E-state index in [9.17, 15) is 9.59 Å². The fourth-order valence-corrected chi connectivity index (χ4v) is 3.18. The number of nitrogens with one attached hydrogen (secondary N) is 1. The van der Waals surface area contributed by atoms with Crippen molar-refractivity contribution < 1.29 is 9.59 Å². The lowest BCUT2D eigenvalue weighted by Crippen LogP contribution is -2.45. The summed E-state index contributed by atoms with van der Waals surface area (Å²) in [5.41, 5.74) is 2.75. The number of piperidine rings is 1. The minimum Gasteiger partial charge on any atom is -0.348 e. The summed E-state index contributed by atoms with van der Waals surface area (Å²) >= 11 is 0. The third kappa shape index (κ3) is 4.24. The molecule has 1 saturated heterocycles. The number of carbonyl (C=O) groups excluding carboxylic acids is 2. The van der Waals surface area contributed by atoms with Crippen molar-refractivity contribution in [2.75, 3.05) is 6.54 Å². The molecule has 0 spiro atoms. The van der Waals surface area contributed by atoms with Crippen LogP contribution in [0.2, 0.25) is 0 Å². The van der Waals surface area contributed by atoms with E-state index >= 15 is 0 Å². The molecule has 130 valence electrons. The molecule has 5 nitrogen and oxygen atoms in total. The first kappa shape index (κ1) is 17.1. The SMILES string of the molecule is Cc1ccnc(CNC(=O)C(c2ccccc2)N2CCCCC2=O)c1. The third-order valence-corrected chi connectivity index (χ3v) is 4.45. The van der Waals surface area contributed by atoms with Crippen LogP contribution in [0.1, 0.15) is 42.1 Å². The van der Waals surface area contributed by atoms with Crippen LogP contribution in [-0.4, -0.2) is 28.2 Å². The molecule has 2 heterocycles. The Morgan fingerprint density at radius 2 is 2.04 bits per heavy atom. The minimum absolute atomic E-state index is 0.0453. The summed E-state index contributed by atoms with van der Waals surface area (Å²) in [6.07, 6.45) is 4.07. The third-order valence-electron chi connectivity index (χ3n) is 4.45. The van der Waals surface area contributed by atoms with Crippen LogP contribution in [0.25, 0.3) is 0 Å². The summed E-state index contributed by atoms with van der Waals surface area (Å²) in [7, 11) is 0. The molecule has 0 radical (unpaired) electrons. The summed E-state index contributed by atoms with van der Waals surface area (Å²) in [6, 6.07) is 12.8. The summed E-state index contributed by atoms with van der Waals surface area (Å²) in [5, 5.41) is 2.95. The summed E-state index contributed by atoms with van der Waals surface area (Å²) < 4.78 is 0. The first-order valence-corrected chi connectivity index (χ1v) is 8.69. The number of aryl methyl sites for hydroxylation is 1. The van der Waals surface area contributed by atoms with Gasteiger partial charge in [-0.25, -0.2) is 0 Å². The molecule has 1 fully saturated rings. The summed E-state index contributed by atoms with van der Waals surface area (Å²) in [4.78, 5) is 31.3. The lowest BCUT2D eigenvalue weighted by Gasteiger charge is -2.34. The lowest BCUT2D eigenvalue weighted by molar-refractivity contribution is -0.142. The molecule has 1 unspecified atom stereocenters. The van der Waals surface area contributed by atoms with E-state index < -0.39 is 6.04 Å². The molecule has 1 aliphatic heterocycles. The highest BCUT2D eigenvalue weighted by Gasteiger charge is 2.32. The van der Waals surface area contributed by atoms with E-state index in [0.29, 0.717) is 19.5 Å². The van der Waals surface area contributed by atoms with Gasteiger partial charge in [0.25, 0.3) is 0 Å².